The summed E-state index contributed by atoms with van der Waals surface area (Å²) in [6.45, 7) is 0.122. The molecule has 0 bridgehead atoms. The van der Waals surface area contributed by atoms with Gasteiger partial charge in [0.2, 0.25) is 10.0 Å². The first kappa shape index (κ1) is 31.1. The number of aliphatic hydroxyl groups excluding tert-OH is 1. The smallest absolute Gasteiger partial charge is 0.416 e. The summed E-state index contributed by atoms with van der Waals surface area (Å²) in [6.07, 6.45) is -3.46. The van der Waals surface area contributed by atoms with Gasteiger partial charge in [0.15, 0.2) is 11.5 Å². The average molecular weight is 583 g/mol. The fourth-order valence-electron chi connectivity index (χ4n) is 4.28. The Morgan fingerprint density at radius 1 is 0.950 bits per heavy atom. The SMILES string of the molecule is COc1ccc([C@@H](CCc2cccc(C(F)(F)F)c2)NC[C@@H](O)Cc2ccc(O)c(NS(C)(=O)=O)c2)cc1OC. The Morgan fingerprint density at radius 3 is 2.33 bits per heavy atom. The molecular formula is C28H33F3N2O6S. The van der Waals surface area contributed by atoms with Crippen LogP contribution in [-0.4, -0.2) is 51.8 Å². The summed E-state index contributed by atoms with van der Waals surface area (Å²) in [5.41, 5.74) is 1.20. The molecule has 0 fully saturated rings. The second kappa shape index (κ2) is 13.2. The van der Waals surface area contributed by atoms with Crippen molar-refractivity contribution < 1.29 is 41.3 Å². The van der Waals surface area contributed by atoms with E-state index in [2.05, 4.69) is 10.0 Å². The van der Waals surface area contributed by atoms with Crippen LogP contribution in [0.25, 0.3) is 0 Å². The lowest BCUT2D eigenvalue weighted by molar-refractivity contribution is -0.137. The molecule has 0 amide bonds. The van der Waals surface area contributed by atoms with Gasteiger partial charge in [0.25, 0.3) is 0 Å². The van der Waals surface area contributed by atoms with Crippen LogP contribution >= 0.6 is 0 Å². The van der Waals surface area contributed by atoms with Crippen molar-refractivity contribution in [1.29, 1.82) is 0 Å². The molecule has 40 heavy (non-hydrogen) atoms. The number of aryl methyl sites for hydroxylation is 1. The van der Waals surface area contributed by atoms with E-state index in [0.29, 0.717) is 35.5 Å². The molecule has 12 heteroatoms. The van der Waals surface area contributed by atoms with E-state index in [1.807, 2.05) is 6.07 Å². The quantitative estimate of drug-likeness (QED) is 0.217. The molecule has 3 aromatic rings. The molecular weight excluding hydrogens is 549 g/mol. The third-order valence-corrected chi connectivity index (χ3v) is 6.80. The summed E-state index contributed by atoms with van der Waals surface area (Å²) in [6, 6.07) is 14.5. The molecule has 0 aliphatic carbocycles. The van der Waals surface area contributed by atoms with E-state index in [1.165, 1.54) is 32.4 Å². The molecule has 218 valence electrons. The highest BCUT2D eigenvalue weighted by Crippen LogP contribution is 2.33. The van der Waals surface area contributed by atoms with Gasteiger partial charge in [-0.25, -0.2) is 8.42 Å². The molecule has 0 heterocycles. The molecule has 3 aromatic carbocycles. The molecule has 3 rings (SSSR count). The molecule has 0 saturated heterocycles. The van der Waals surface area contributed by atoms with Gasteiger partial charge in [-0.15, -0.1) is 0 Å². The molecule has 0 aromatic heterocycles. The molecule has 2 atom stereocenters. The van der Waals surface area contributed by atoms with Gasteiger partial charge in [-0.3, -0.25) is 4.72 Å². The van der Waals surface area contributed by atoms with Gasteiger partial charge in [-0.2, -0.15) is 13.2 Å². The fourth-order valence-corrected chi connectivity index (χ4v) is 4.85. The predicted molar refractivity (Wildman–Crippen MR) is 146 cm³/mol. The summed E-state index contributed by atoms with van der Waals surface area (Å²) >= 11 is 0. The lowest BCUT2D eigenvalue weighted by Crippen LogP contribution is -2.32. The molecule has 8 nitrogen and oxygen atoms in total. The van der Waals surface area contributed by atoms with Crippen molar-refractivity contribution in [2.24, 2.45) is 0 Å². The van der Waals surface area contributed by atoms with Crippen molar-refractivity contribution in [3.8, 4) is 17.2 Å². The van der Waals surface area contributed by atoms with Crippen molar-refractivity contribution in [3.05, 3.63) is 82.9 Å². The summed E-state index contributed by atoms with van der Waals surface area (Å²) in [5, 5.41) is 24.0. The van der Waals surface area contributed by atoms with Crippen LogP contribution in [0.15, 0.2) is 60.7 Å². The van der Waals surface area contributed by atoms with Gasteiger partial charge >= 0.3 is 6.18 Å². The summed E-state index contributed by atoms with van der Waals surface area (Å²) in [7, 11) is -0.602. The van der Waals surface area contributed by atoms with Crippen LogP contribution in [0.1, 0.15) is 34.7 Å². The first-order valence-corrected chi connectivity index (χ1v) is 14.3. The van der Waals surface area contributed by atoms with Gasteiger partial charge in [-0.05, 0) is 66.3 Å². The number of halogens is 3. The van der Waals surface area contributed by atoms with Crippen molar-refractivity contribution in [2.45, 2.75) is 37.6 Å². The van der Waals surface area contributed by atoms with Gasteiger partial charge < -0.3 is 25.0 Å². The Morgan fingerprint density at radius 2 is 1.68 bits per heavy atom. The number of nitrogens with one attached hydrogen (secondary N) is 2. The van der Waals surface area contributed by atoms with Crippen molar-refractivity contribution >= 4 is 15.7 Å². The minimum Gasteiger partial charge on any atom is -0.506 e. The topological polar surface area (TPSA) is 117 Å². The highest BCUT2D eigenvalue weighted by molar-refractivity contribution is 7.92. The third-order valence-electron chi connectivity index (χ3n) is 6.21. The number of sulfonamides is 1. The zero-order valence-electron chi connectivity index (χ0n) is 22.3. The van der Waals surface area contributed by atoms with Crippen LogP contribution in [-0.2, 0) is 29.0 Å². The zero-order chi connectivity index (χ0) is 29.5. The summed E-state index contributed by atoms with van der Waals surface area (Å²) < 4.78 is 75.6. The van der Waals surface area contributed by atoms with Crippen LogP contribution in [0.3, 0.4) is 0 Å². The number of benzene rings is 3. The molecule has 4 N–H and O–H groups in total. The molecule has 0 unspecified atom stereocenters. The number of aromatic hydroxyl groups is 1. The highest BCUT2D eigenvalue weighted by atomic mass is 32.2. The highest BCUT2D eigenvalue weighted by Gasteiger charge is 2.30. The van der Waals surface area contributed by atoms with Gasteiger partial charge in [-0.1, -0.05) is 30.3 Å². The van der Waals surface area contributed by atoms with Crippen LogP contribution in [0.2, 0.25) is 0 Å². The lowest BCUT2D eigenvalue weighted by Gasteiger charge is -2.23. The number of alkyl halides is 3. The van der Waals surface area contributed by atoms with Crippen LogP contribution in [0.5, 0.6) is 17.2 Å². The van der Waals surface area contributed by atoms with E-state index in [-0.39, 0.29) is 30.4 Å². The maximum atomic E-state index is 13.2. The Balaban J connectivity index is 1.76. The van der Waals surface area contributed by atoms with E-state index in [1.54, 1.807) is 24.3 Å². The standard InChI is InChI=1S/C28H33F3N2O6S/c1-38-26-12-9-20(16-27(26)39-2)23(10-7-18-5-4-6-21(13-18)28(29,30)31)32-17-22(34)14-19-8-11-25(35)24(15-19)33-40(3,36)37/h4-6,8-9,11-13,15-16,22-23,32-35H,7,10,14,17H2,1-3H3/t22-,23+/m0/s1. The van der Waals surface area contributed by atoms with E-state index in [9.17, 15) is 31.8 Å². The minimum absolute atomic E-state index is 0.00412. The largest absolute Gasteiger partial charge is 0.506 e. The van der Waals surface area contributed by atoms with Gasteiger partial charge in [0.05, 0.1) is 37.8 Å². The van der Waals surface area contributed by atoms with E-state index >= 15 is 0 Å². The number of rotatable bonds is 13. The number of aliphatic hydroxyl groups is 1. The molecule has 0 radical (unpaired) electrons. The molecule has 0 saturated carbocycles. The number of ether oxygens (including phenoxy) is 2. The van der Waals surface area contributed by atoms with Gasteiger partial charge in [0.1, 0.15) is 5.75 Å². The predicted octanol–water partition coefficient (Wildman–Crippen LogP) is 4.67. The van der Waals surface area contributed by atoms with E-state index in [0.717, 1.165) is 24.0 Å². The Labute approximate surface area is 231 Å². The molecule has 0 aliphatic rings. The van der Waals surface area contributed by atoms with Crippen molar-refractivity contribution in [3.63, 3.8) is 0 Å². The Hall–Kier alpha value is -3.48. The first-order chi connectivity index (χ1) is 18.8. The number of phenolic OH excluding ortho intramolecular Hbond substituents is 1. The minimum atomic E-state index is -4.44. The Bertz CT molecular complexity index is 1400. The fraction of sp³-hybridized carbons (Fsp3) is 0.357. The molecule has 0 aliphatic heterocycles. The normalized spacial score (nSPS) is 13.5. The van der Waals surface area contributed by atoms with Crippen LogP contribution in [0, 0.1) is 0 Å². The van der Waals surface area contributed by atoms with Crippen LogP contribution < -0.4 is 19.5 Å². The van der Waals surface area contributed by atoms with Gasteiger partial charge in [0, 0.05) is 12.6 Å². The maximum Gasteiger partial charge on any atom is 0.416 e. The third kappa shape index (κ3) is 9.04. The van der Waals surface area contributed by atoms with E-state index in [4.69, 9.17) is 9.47 Å². The van der Waals surface area contributed by atoms with Crippen molar-refractivity contribution in [1.82, 2.24) is 5.32 Å². The molecule has 0 spiro atoms. The Kier molecular flexibility index (Phi) is 10.3. The number of hydrogen-bond acceptors (Lipinski definition) is 7. The van der Waals surface area contributed by atoms with E-state index < -0.39 is 27.9 Å². The zero-order valence-corrected chi connectivity index (χ0v) is 23.1. The second-order valence-corrected chi connectivity index (χ2v) is 11.1. The maximum absolute atomic E-state index is 13.2. The second-order valence-electron chi connectivity index (χ2n) is 9.40. The number of anilines is 1. The number of phenols is 1. The monoisotopic (exact) mass is 582 g/mol. The number of hydrogen-bond donors (Lipinski definition) is 4. The first-order valence-electron chi connectivity index (χ1n) is 12.4. The summed E-state index contributed by atoms with van der Waals surface area (Å²) in [5.74, 6) is 0.764. The van der Waals surface area contributed by atoms with Crippen LogP contribution in [0.4, 0.5) is 18.9 Å². The number of methoxy groups -OCH3 is 2. The average Bonchev–Trinajstić information content (AvgIpc) is 2.89. The van der Waals surface area contributed by atoms with Crippen molar-refractivity contribution in [2.75, 3.05) is 31.7 Å². The lowest BCUT2D eigenvalue weighted by atomic mass is 9.97. The summed E-state index contributed by atoms with van der Waals surface area (Å²) in [4.78, 5) is 0.